The van der Waals surface area contributed by atoms with Gasteiger partial charge in [0.2, 0.25) is 5.91 Å². The number of hydrogen-bond acceptors (Lipinski definition) is 3. The molecule has 0 bridgehead atoms. The zero-order valence-corrected chi connectivity index (χ0v) is 11.0. The normalized spacial score (nSPS) is 10.4. The Bertz CT molecular complexity index is 545. The molecule has 2 rings (SSSR count). The van der Waals surface area contributed by atoms with E-state index >= 15 is 0 Å². The summed E-state index contributed by atoms with van der Waals surface area (Å²) in [7, 11) is 0. The van der Waals surface area contributed by atoms with Gasteiger partial charge in [0, 0.05) is 36.1 Å². The fourth-order valence-electron chi connectivity index (χ4n) is 1.81. The van der Waals surface area contributed by atoms with E-state index in [1.807, 2.05) is 29.2 Å². The maximum Gasteiger partial charge on any atom is 0.248 e. The van der Waals surface area contributed by atoms with Gasteiger partial charge in [-0.05, 0) is 30.7 Å². The van der Waals surface area contributed by atoms with Gasteiger partial charge in [-0.15, -0.1) is 0 Å². The number of nitrogens with zero attached hydrogens (tertiary/aromatic N) is 2. The molecule has 1 heterocycles. The molecule has 0 aliphatic heterocycles. The monoisotopic (exact) mass is 258 g/mol. The fourth-order valence-corrected chi connectivity index (χ4v) is 1.81. The molecule has 0 saturated carbocycles. The molecule has 0 radical (unpaired) electrons. The molecule has 0 saturated heterocycles. The van der Waals surface area contributed by atoms with Gasteiger partial charge < -0.3 is 11.1 Å². The number of nitrogens with two attached hydrogens (primary N) is 1. The Morgan fingerprint density at radius 2 is 2.11 bits per heavy atom. The Labute approximate surface area is 112 Å². The molecule has 0 spiro atoms. The molecule has 0 fully saturated rings. The minimum atomic E-state index is -0.410. The van der Waals surface area contributed by atoms with Crippen LogP contribution >= 0.6 is 0 Å². The van der Waals surface area contributed by atoms with Crippen LogP contribution < -0.4 is 11.1 Å². The highest BCUT2D eigenvalue weighted by molar-refractivity contribution is 5.93. The molecule has 5 nitrogen and oxygen atoms in total. The third-order valence-corrected chi connectivity index (χ3v) is 2.81. The topological polar surface area (TPSA) is 72.9 Å². The Morgan fingerprint density at radius 3 is 2.74 bits per heavy atom. The van der Waals surface area contributed by atoms with Gasteiger partial charge in [-0.1, -0.05) is 6.92 Å². The zero-order valence-electron chi connectivity index (χ0n) is 11.0. The molecule has 0 atom stereocenters. The van der Waals surface area contributed by atoms with Crippen LogP contribution in [0, 0.1) is 0 Å². The van der Waals surface area contributed by atoms with Gasteiger partial charge in [-0.3, -0.25) is 9.48 Å². The Hall–Kier alpha value is -2.30. The lowest BCUT2D eigenvalue weighted by Crippen LogP contribution is -2.10. The van der Waals surface area contributed by atoms with Crippen molar-refractivity contribution in [2.24, 2.45) is 5.73 Å². The third kappa shape index (κ3) is 3.58. The number of aromatic nitrogens is 2. The first-order valence-electron chi connectivity index (χ1n) is 6.34. The van der Waals surface area contributed by atoms with Crippen molar-refractivity contribution in [3.63, 3.8) is 0 Å². The number of carbonyl (C=O) groups excluding carboxylic acids is 1. The van der Waals surface area contributed by atoms with Gasteiger partial charge in [-0.25, -0.2) is 0 Å². The quantitative estimate of drug-likeness (QED) is 0.832. The zero-order chi connectivity index (χ0) is 13.7. The van der Waals surface area contributed by atoms with Crippen LogP contribution in [0.2, 0.25) is 0 Å². The summed E-state index contributed by atoms with van der Waals surface area (Å²) in [5, 5.41) is 7.55. The van der Waals surface area contributed by atoms with Crippen molar-refractivity contribution in [2.75, 3.05) is 5.32 Å². The maximum atomic E-state index is 10.9. The first kappa shape index (κ1) is 13.1. The van der Waals surface area contributed by atoms with Crippen molar-refractivity contribution >= 4 is 11.6 Å². The van der Waals surface area contributed by atoms with Crippen molar-refractivity contribution in [3.05, 3.63) is 47.8 Å². The predicted octanol–water partition coefficient (Wildman–Crippen LogP) is 2.00. The lowest BCUT2D eigenvalue weighted by atomic mass is 10.2. The third-order valence-electron chi connectivity index (χ3n) is 2.81. The number of amides is 1. The molecule has 19 heavy (non-hydrogen) atoms. The summed E-state index contributed by atoms with van der Waals surface area (Å²) in [5.41, 5.74) is 7.79. The number of rotatable bonds is 6. The van der Waals surface area contributed by atoms with E-state index in [4.69, 9.17) is 5.73 Å². The highest BCUT2D eigenvalue weighted by atomic mass is 16.1. The van der Waals surface area contributed by atoms with E-state index in [0.717, 1.165) is 24.2 Å². The first-order chi connectivity index (χ1) is 9.19. The average molecular weight is 258 g/mol. The SMILES string of the molecule is CCCn1cc(CNc2ccc(C(N)=O)cc2)cn1. The van der Waals surface area contributed by atoms with Crippen molar-refractivity contribution < 1.29 is 4.79 Å². The summed E-state index contributed by atoms with van der Waals surface area (Å²) in [6.45, 7) is 3.77. The number of aryl methyl sites for hydroxylation is 1. The molecule has 3 N–H and O–H groups in total. The van der Waals surface area contributed by atoms with E-state index in [-0.39, 0.29) is 0 Å². The highest BCUT2D eigenvalue weighted by Crippen LogP contribution is 2.11. The number of carbonyl (C=O) groups is 1. The number of benzene rings is 1. The molecule has 0 aliphatic rings. The largest absolute Gasteiger partial charge is 0.381 e. The first-order valence-corrected chi connectivity index (χ1v) is 6.34. The van der Waals surface area contributed by atoms with Crippen LogP contribution in [-0.2, 0) is 13.1 Å². The van der Waals surface area contributed by atoms with Crippen LogP contribution in [-0.4, -0.2) is 15.7 Å². The Kier molecular flexibility index (Phi) is 4.18. The second-order valence-corrected chi connectivity index (χ2v) is 4.41. The van der Waals surface area contributed by atoms with Crippen molar-refractivity contribution in [1.82, 2.24) is 9.78 Å². The van der Waals surface area contributed by atoms with Gasteiger partial charge in [0.1, 0.15) is 0 Å². The van der Waals surface area contributed by atoms with Gasteiger partial charge in [0.15, 0.2) is 0 Å². The number of primary amides is 1. The molecule has 1 aromatic heterocycles. The molecule has 1 aromatic carbocycles. The number of hydrogen-bond donors (Lipinski definition) is 2. The summed E-state index contributed by atoms with van der Waals surface area (Å²) in [5.74, 6) is -0.410. The second kappa shape index (κ2) is 6.04. The second-order valence-electron chi connectivity index (χ2n) is 4.41. The predicted molar refractivity (Wildman–Crippen MR) is 74.8 cm³/mol. The summed E-state index contributed by atoms with van der Waals surface area (Å²) < 4.78 is 1.94. The standard InChI is InChI=1S/C14H18N4O/c1-2-7-18-10-11(9-17-18)8-16-13-5-3-12(4-6-13)14(15)19/h3-6,9-10,16H,2,7-8H2,1H3,(H2,15,19). The lowest BCUT2D eigenvalue weighted by molar-refractivity contribution is 0.100. The molecular weight excluding hydrogens is 240 g/mol. The fraction of sp³-hybridized carbons (Fsp3) is 0.286. The molecule has 5 heteroatoms. The van der Waals surface area contributed by atoms with E-state index in [2.05, 4.69) is 17.3 Å². The van der Waals surface area contributed by atoms with Gasteiger partial charge >= 0.3 is 0 Å². The summed E-state index contributed by atoms with van der Waals surface area (Å²) in [6, 6.07) is 7.11. The van der Waals surface area contributed by atoms with Crippen LogP contribution in [0.3, 0.4) is 0 Å². The Morgan fingerprint density at radius 1 is 1.37 bits per heavy atom. The summed E-state index contributed by atoms with van der Waals surface area (Å²) in [6.07, 6.45) is 4.97. The average Bonchev–Trinajstić information content (AvgIpc) is 2.85. The number of anilines is 1. The maximum absolute atomic E-state index is 10.9. The van der Waals surface area contributed by atoms with Crippen LogP contribution in [0.15, 0.2) is 36.7 Å². The molecule has 0 aliphatic carbocycles. The van der Waals surface area contributed by atoms with E-state index < -0.39 is 5.91 Å². The van der Waals surface area contributed by atoms with E-state index in [0.29, 0.717) is 12.1 Å². The van der Waals surface area contributed by atoms with Crippen molar-refractivity contribution in [1.29, 1.82) is 0 Å². The van der Waals surface area contributed by atoms with Gasteiger partial charge in [0.25, 0.3) is 0 Å². The highest BCUT2D eigenvalue weighted by Gasteiger charge is 2.01. The van der Waals surface area contributed by atoms with Crippen molar-refractivity contribution in [3.8, 4) is 0 Å². The molecule has 2 aromatic rings. The van der Waals surface area contributed by atoms with Crippen LogP contribution in [0.1, 0.15) is 29.3 Å². The van der Waals surface area contributed by atoms with E-state index in [9.17, 15) is 4.79 Å². The molecule has 1 amide bonds. The van der Waals surface area contributed by atoms with Crippen LogP contribution in [0.4, 0.5) is 5.69 Å². The number of nitrogens with one attached hydrogen (secondary N) is 1. The summed E-state index contributed by atoms with van der Waals surface area (Å²) in [4.78, 5) is 10.9. The molecular formula is C14H18N4O. The lowest BCUT2D eigenvalue weighted by Gasteiger charge is -2.05. The smallest absolute Gasteiger partial charge is 0.248 e. The minimum Gasteiger partial charge on any atom is -0.381 e. The Balaban J connectivity index is 1.92. The van der Waals surface area contributed by atoms with Gasteiger partial charge in [-0.2, -0.15) is 5.10 Å². The molecule has 0 unspecified atom stereocenters. The van der Waals surface area contributed by atoms with Crippen molar-refractivity contribution in [2.45, 2.75) is 26.4 Å². The van der Waals surface area contributed by atoms with E-state index in [1.54, 1.807) is 12.1 Å². The minimum absolute atomic E-state index is 0.410. The van der Waals surface area contributed by atoms with Gasteiger partial charge in [0.05, 0.1) is 6.20 Å². The van der Waals surface area contributed by atoms with Crippen LogP contribution in [0.25, 0.3) is 0 Å². The summed E-state index contributed by atoms with van der Waals surface area (Å²) >= 11 is 0. The van der Waals surface area contributed by atoms with E-state index in [1.165, 1.54) is 0 Å². The molecule has 100 valence electrons. The van der Waals surface area contributed by atoms with Crippen LogP contribution in [0.5, 0.6) is 0 Å².